The van der Waals surface area contributed by atoms with Crippen LogP contribution in [0.4, 0.5) is 0 Å². The Morgan fingerprint density at radius 2 is 1.78 bits per heavy atom. The van der Waals surface area contributed by atoms with Crippen LogP contribution in [-0.2, 0) is 4.79 Å². The van der Waals surface area contributed by atoms with E-state index in [1.54, 1.807) is 38.1 Å². The molecule has 0 aromatic heterocycles. The summed E-state index contributed by atoms with van der Waals surface area (Å²) in [5, 5.41) is 11.7. The van der Waals surface area contributed by atoms with Crippen molar-refractivity contribution in [1.29, 1.82) is 0 Å². The predicted molar refractivity (Wildman–Crippen MR) is 72.3 cm³/mol. The lowest BCUT2D eigenvalue weighted by Crippen LogP contribution is -2.43. The summed E-state index contributed by atoms with van der Waals surface area (Å²) in [6.45, 7) is 3.65. The standard InChI is InChI=1S/C13H17NO3.ClH/c1-9(2)12(13(16)17)14-8-11(15)10-6-4-3-5-7-10;/h3-7,9,12,14H,8H2,1-2H3,(H,16,17);1H/t12-;/m0./s1. The SMILES string of the molecule is CC(C)[C@H](NCC(=O)c1ccccc1)C(=O)O.Cl. The minimum Gasteiger partial charge on any atom is -0.480 e. The number of halogens is 1. The molecule has 0 unspecified atom stereocenters. The Balaban J connectivity index is 0.00000289. The molecule has 0 heterocycles. The fourth-order valence-corrected chi connectivity index (χ4v) is 1.54. The maximum Gasteiger partial charge on any atom is 0.320 e. The van der Waals surface area contributed by atoms with Gasteiger partial charge >= 0.3 is 5.97 Å². The molecule has 0 saturated heterocycles. The van der Waals surface area contributed by atoms with Gasteiger partial charge in [-0.05, 0) is 5.92 Å². The molecule has 0 aliphatic rings. The molecule has 0 saturated carbocycles. The fourth-order valence-electron chi connectivity index (χ4n) is 1.54. The Hall–Kier alpha value is -1.39. The Morgan fingerprint density at radius 3 is 2.22 bits per heavy atom. The van der Waals surface area contributed by atoms with E-state index in [-0.39, 0.29) is 30.7 Å². The summed E-state index contributed by atoms with van der Waals surface area (Å²) in [4.78, 5) is 22.7. The summed E-state index contributed by atoms with van der Waals surface area (Å²) in [5.41, 5.74) is 0.591. The van der Waals surface area contributed by atoms with E-state index in [1.807, 2.05) is 6.07 Å². The molecular weight excluding hydrogens is 254 g/mol. The van der Waals surface area contributed by atoms with Crippen molar-refractivity contribution in [1.82, 2.24) is 5.32 Å². The number of carboxylic acid groups (broad SMARTS) is 1. The normalized spacial score (nSPS) is 11.7. The molecule has 2 N–H and O–H groups in total. The molecule has 0 aliphatic heterocycles. The zero-order valence-corrected chi connectivity index (χ0v) is 11.2. The zero-order valence-electron chi connectivity index (χ0n) is 10.4. The number of aliphatic carboxylic acids is 1. The molecular formula is C13H18ClNO3. The smallest absolute Gasteiger partial charge is 0.320 e. The third-order valence-corrected chi connectivity index (χ3v) is 2.51. The van der Waals surface area contributed by atoms with Crippen molar-refractivity contribution in [2.75, 3.05) is 6.54 Å². The molecule has 18 heavy (non-hydrogen) atoms. The summed E-state index contributed by atoms with van der Waals surface area (Å²) in [6, 6.07) is 8.14. The quantitative estimate of drug-likeness (QED) is 0.777. The molecule has 1 atom stereocenters. The van der Waals surface area contributed by atoms with Crippen molar-refractivity contribution >= 4 is 24.2 Å². The first-order valence-corrected chi connectivity index (χ1v) is 5.57. The van der Waals surface area contributed by atoms with Gasteiger partial charge in [0.15, 0.2) is 5.78 Å². The second-order valence-corrected chi connectivity index (χ2v) is 4.23. The van der Waals surface area contributed by atoms with Gasteiger partial charge in [0.1, 0.15) is 6.04 Å². The van der Waals surface area contributed by atoms with Crippen molar-refractivity contribution in [2.24, 2.45) is 5.92 Å². The third-order valence-electron chi connectivity index (χ3n) is 2.51. The largest absolute Gasteiger partial charge is 0.480 e. The molecule has 0 radical (unpaired) electrons. The van der Waals surface area contributed by atoms with Gasteiger partial charge in [0.2, 0.25) is 0 Å². The number of hydrogen-bond acceptors (Lipinski definition) is 3. The van der Waals surface area contributed by atoms with E-state index < -0.39 is 12.0 Å². The van der Waals surface area contributed by atoms with Gasteiger partial charge < -0.3 is 5.11 Å². The van der Waals surface area contributed by atoms with E-state index in [9.17, 15) is 9.59 Å². The van der Waals surface area contributed by atoms with E-state index in [0.717, 1.165) is 0 Å². The number of nitrogens with one attached hydrogen (secondary N) is 1. The first-order valence-electron chi connectivity index (χ1n) is 5.57. The van der Waals surface area contributed by atoms with Crippen LogP contribution in [0.3, 0.4) is 0 Å². The first-order chi connectivity index (χ1) is 8.02. The Morgan fingerprint density at radius 1 is 1.22 bits per heavy atom. The van der Waals surface area contributed by atoms with Crippen LogP contribution in [0.5, 0.6) is 0 Å². The van der Waals surface area contributed by atoms with E-state index in [1.165, 1.54) is 0 Å². The van der Waals surface area contributed by atoms with Crippen LogP contribution in [0.25, 0.3) is 0 Å². The molecule has 0 bridgehead atoms. The van der Waals surface area contributed by atoms with Gasteiger partial charge in [0.05, 0.1) is 6.54 Å². The highest BCUT2D eigenvalue weighted by Crippen LogP contribution is 2.03. The summed E-state index contributed by atoms with van der Waals surface area (Å²) >= 11 is 0. The summed E-state index contributed by atoms with van der Waals surface area (Å²) in [5.74, 6) is -1.09. The number of carbonyl (C=O) groups excluding carboxylic acids is 1. The molecule has 0 spiro atoms. The fraction of sp³-hybridized carbons (Fsp3) is 0.385. The van der Waals surface area contributed by atoms with Gasteiger partial charge in [-0.15, -0.1) is 12.4 Å². The lowest BCUT2D eigenvalue weighted by atomic mass is 10.0. The number of benzene rings is 1. The molecule has 5 heteroatoms. The van der Waals surface area contributed by atoms with Crippen molar-refractivity contribution in [2.45, 2.75) is 19.9 Å². The van der Waals surface area contributed by atoms with Gasteiger partial charge in [0.25, 0.3) is 0 Å². The van der Waals surface area contributed by atoms with E-state index >= 15 is 0 Å². The van der Waals surface area contributed by atoms with Crippen molar-refractivity contribution in [3.8, 4) is 0 Å². The van der Waals surface area contributed by atoms with E-state index in [4.69, 9.17) is 5.11 Å². The van der Waals surface area contributed by atoms with Crippen LogP contribution in [0.1, 0.15) is 24.2 Å². The van der Waals surface area contributed by atoms with Crippen molar-refractivity contribution in [3.63, 3.8) is 0 Å². The number of ketones is 1. The topological polar surface area (TPSA) is 66.4 Å². The molecule has 100 valence electrons. The molecule has 0 aliphatic carbocycles. The molecule has 0 amide bonds. The van der Waals surface area contributed by atoms with Crippen LogP contribution < -0.4 is 5.32 Å². The van der Waals surface area contributed by atoms with Gasteiger partial charge in [0, 0.05) is 5.56 Å². The molecule has 4 nitrogen and oxygen atoms in total. The van der Waals surface area contributed by atoms with E-state index in [0.29, 0.717) is 5.56 Å². The highest BCUT2D eigenvalue weighted by Gasteiger charge is 2.21. The number of carboxylic acids is 1. The summed E-state index contributed by atoms with van der Waals surface area (Å²) in [6.07, 6.45) is 0. The molecule has 0 fully saturated rings. The van der Waals surface area contributed by atoms with Crippen molar-refractivity contribution in [3.05, 3.63) is 35.9 Å². The molecule has 1 aromatic rings. The Kier molecular flexibility index (Phi) is 7.24. The van der Waals surface area contributed by atoms with Gasteiger partial charge in [-0.1, -0.05) is 44.2 Å². The van der Waals surface area contributed by atoms with Crippen LogP contribution in [-0.4, -0.2) is 29.4 Å². The molecule has 1 aromatic carbocycles. The van der Waals surface area contributed by atoms with Crippen molar-refractivity contribution < 1.29 is 14.7 Å². The zero-order chi connectivity index (χ0) is 12.8. The maximum absolute atomic E-state index is 11.7. The van der Waals surface area contributed by atoms with E-state index in [2.05, 4.69) is 5.32 Å². The van der Waals surface area contributed by atoms with Crippen LogP contribution in [0.2, 0.25) is 0 Å². The van der Waals surface area contributed by atoms with Gasteiger partial charge in [-0.3, -0.25) is 14.9 Å². The number of Topliss-reactive ketones (excluding diaryl/α,β-unsaturated/α-hetero) is 1. The predicted octanol–water partition coefficient (Wildman–Crippen LogP) is 1.99. The van der Waals surface area contributed by atoms with Gasteiger partial charge in [-0.2, -0.15) is 0 Å². The monoisotopic (exact) mass is 271 g/mol. The van der Waals surface area contributed by atoms with Crippen LogP contribution >= 0.6 is 12.4 Å². The second kappa shape index (κ2) is 7.84. The first kappa shape index (κ1) is 16.6. The number of hydrogen-bond donors (Lipinski definition) is 2. The molecule has 1 rings (SSSR count). The summed E-state index contributed by atoms with van der Waals surface area (Å²) in [7, 11) is 0. The second-order valence-electron chi connectivity index (χ2n) is 4.23. The highest BCUT2D eigenvalue weighted by atomic mass is 35.5. The van der Waals surface area contributed by atoms with Crippen LogP contribution in [0, 0.1) is 5.92 Å². The highest BCUT2D eigenvalue weighted by molar-refractivity contribution is 5.97. The number of carbonyl (C=O) groups is 2. The number of rotatable bonds is 6. The Bertz CT molecular complexity index is 392. The lowest BCUT2D eigenvalue weighted by molar-refractivity contribution is -0.140. The average molecular weight is 272 g/mol. The van der Waals surface area contributed by atoms with Gasteiger partial charge in [-0.25, -0.2) is 0 Å². The average Bonchev–Trinajstić information content (AvgIpc) is 2.29. The maximum atomic E-state index is 11.7. The summed E-state index contributed by atoms with van der Waals surface area (Å²) < 4.78 is 0. The lowest BCUT2D eigenvalue weighted by Gasteiger charge is -2.17. The van der Waals surface area contributed by atoms with Crippen LogP contribution in [0.15, 0.2) is 30.3 Å². The minimum absolute atomic E-state index is 0. The minimum atomic E-state index is -0.930. The Labute approximate surface area is 113 Å². The third kappa shape index (κ3) is 4.85.